The van der Waals surface area contributed by atoms with E-state index in [9.17, 15) is 4.79 Å². The van der Waals surface area contributed by atoms with Crippen LogP contribution in [0, 0.1) is 0 Å². The molecular formula is C17H17Cl2NO3. The lowest BCUT2D eigenvalue weighted by Gasteiger charge is -2.16. The second kappa shape index (κ2) is 8.09. The van der Waals surface area contributed by atoms with Crippen LogP contribution in [0.5, 0.6) is 11.5 Å². The number of amides is 1. The van der Waals surface area contributed by atoms with Crippen LogP contribution in [-0.2, 0) is 11.3 Å². The first kappa shape index (κ1) is 17.4. The Balaban J connectivity index is 1.96. The van der Waals surface area contributed by atoms with E-state index in [0.717, 1.165) is 11.3 Å². The van der Waals surface area contributed by atoms with Gasteiger partial charge in [0.25, 0.3) is 5.91 Å². The first-order valence-corrected chi connectivity index (χ1v) is 7.78. The molecule has 0 fully saturated rings. The third-order valence-corrected chi connectivity index (χ3v) is 4.04. The zero-order valence-corrected chi connectivity index (χ0v) is 14.3. The van der Waals surface area contributed by atoms with Gasteiger partial charge in [-0.25, -0.2) is 0 Å². The second-order valence-corrected chi connectivity index (χ2v) is 5.63. The Bertz CT molecular complexity index is 691. The van der Waals surface area contributed by atoms with Gasteiger partial charge in [0.05, 0.1) is 12.1 Å². The molecule has 1 N–H and O–H groups in total. The van der Waals surface area contributed by atoms with Crippen LogP contribution in [0.2, 0.25) is 10.0 Å². The Kier molecular flexibility index (Phi) is 6.13. The Labute approximate surface area is 145 Å². The number of carbonyl (C=O) groups is 1. The number of carbonyl (C=O) groups excluding carboxylic acids is 1. The molecule has 0 saturated heterocycles. The van der Waals surface area contributed by atoms with Crippen LogP contribution in [0.3, 0.4) is 0 Å². The van der Waals surface area contributed by atoms with Crippen LogP contribution in [0.15, 0.2) is 42.5 Å². The number of methoxy groups -OCH3 is 1. The van der Waals surface area contributed by atoms with Gasteiger partial charge < -0.3 is 14.8 Å². The smallest absolute Gasteiger partial charge is 0.261 e. The molecule has 0 aliphatic rings. The normalized spacial score (nSPS) is 11.7. The van der Waals surface area contributed by atoms with Gasteiger partial charge in [0.2, 0.25) is 0 Å². The minimum atomic E-state index is -0.708. The molecule has 1 atom stereocenters. The first-order valence-electron chi connectivity index (χ1n) is 7.03. The number of hydrogen-bond acceptors (Lipinski definition) is 3. The van der Waals surface area contributed by atoms with E-state index in [1.807, 2.05) is 24.3 Å². The quantitative estimate of drug-likeness (QED) is 0.850. The fourth-order valence-corrected chi connectivity index (χ4v) is 2.33. The molecule has 0 aliphatic heterocycles. The number of nitrogens with one attached hydrogen (secondary N) is 1. The maximum atomic E-state index is 12.2. The maximum Gasteiger partial charge on any atom is 0.261 e. The van der Waals surface area contributed by atoms with Gasteiger partial charge in [0.15, 0.2) is 6.10 Å². The monoisotopic (exact) mass is 353 g/mol. The second-order valence-electron chi connectivity index (χ2n) is 4.84. The molecule has 2 rings (SSSR count). The van der Waals surface area contributed by atoms with Crippen molar-refractivity contribution in [2.75, 3.05) is 7.11 Å². The molecule has 0 aliphatic carbocycles. The number of para-hydroxylation sites is 1. The van der Waals surface area contributed by atoms with Gasteiger partial charge in [0, 0.05) is 12.1 Å². The molecule has 1 amide bonds. The molecule has 0 heterocycles. The van der Waals surface area contributed by atoms with E-state index in [1.165, 1.54) is 0 Å². The molecule has 122 valence electrons. The third kappa shape index (κ3) is 4.53. The van der Waals surface area contributed by atoms with Crippen LogP contribution in [-0.4, -0.2) is 19.1 Å². The first-order chi connectivity index (χ1) is 11.0. The Hall–Kier alpha value is -1.91. The van der Waals surface area contributed by atoms with Crippen LogP contribution >= 0.6 is 23.2 Å². The fraction of sp³-hybridized carbons (Fsp3) is 0.235. The SMILES string of the molecule is COc1ccccc1CNC(=O)C(C)Oc1cccc(Cl)c1Cl. The van der Waals surface area contributed by atoms with E-state index in [-0.39, 0.29) is 5.91 Å². The van der Waals surface area contributed by atoms with E-state index < -0.39 is 6.10 Å². The van der Waals surface area contributed by atoms with Crippen molar-refractivity contribution in [1.29, 1.82) is 0 Å². The number of benzene rings is 2. The summed E-state index contributed by atoms with van der Waals surface area (Å²) in [6.45, 7) is 1.99. The third-order valence-electron chi connectivity index (χ3n) is 3.23. The molecule has 4 nitrogen and oxygen atoms in total. The van der Waals surface area contributed by atoms with Crippen LogP contribution < -0.4 is 14.8 Å². The van der Waals surface area contributed by atoms with E-state index >= 15 is 0 Å². The zero-order valence-electron chi connectivity index (χ0n) is 12.8. The van der Waals surface area contributed by atoms with Crippen LogP contribution in [0.1, 0.15) is 12.5 Å². The number of ether oxygens (including phenoxy) is 2. The summed E-state index contributed by atoms with van der Waals surface area (Å²) in [5.74, 6) is 0.838. The van der Waals surface area contributed by atoms with Gasteiger partial charge in [-0.15, -0.1) is 0 Å². The van der Waals surface area contributed by atoms with Gasteiger partial charge in [-0.05, 0) is 25.1 Å². The van der Waals surface area contributed by atoms with Crippen molar-refractivity contribution in [3.8, 4) is 11.5 Å². The van der Waals surface area contributed by atoms with Gasteiger partial charge in [-0.2, -0.15) is 0 Å². The van der Waals surface area contributed by atoms with Gasteiger partial charge in [-0.1, -0.05) is 47.5 Å². The van der Waals surface area contributed by atoms with Gasteiger partial charge >= 0.3 is 0 Å². The Morgan fingerprint density at radius 2 is 1.83 bits per heavy atom. The lowest BCUT2D eigenvalue weighted by Crippen LogP contribution is -2.36. The van der Waals surface area contributed by atoms with E-state index in [2.05, 4.69) is 5.32 Å². The molecule has 0 bridgehead atoms. The maximum absolute atomic E-state index is 12.2. The lowest BCUT2D eigenvalue weighted by molar-refractivity contribution is -0.127. The minimum Gasteiger partial charge on any atom is -0.496 e. The minimum absolute atomic E-state index is 0.257. The van der Waals surface area contributed by atoms with Crippen molar-refractivity contribution in [2.45, 2.75) is 19.6 Å². The molecule has 0 spiro atoms. The van der Waals surface area contributed by atoms with Crippen molar-refractivity contribution in [2.24, 2.45) is 0 Å². The van der Waals surface area contributed by atoms with Crippen molar-refractivity contribution in [3.63, 3.8) is 0 Å². The average molecular weight is 354 g/mol. The van der Waals surface area contributed by atoms with Gasteiger partial charge in [-0.3, -0.25) is 4.79 Å². The largest absolute Gasteiger partial charge is 0.496 e. The molecule has 0 radical (unpaired) electrons. The molecule has 0 aromatic heterocycles. The highest BCUT2D eigenvalue weighted by Crippen LogP contribution is 2.32. The molecule has 0 saturated carbocycles. The molecule has 6 heteroatoms. The molecular weight excluding hydrogens is 337 g/mol. The summed E-state index contributed by atoms with van der Waals surface area (Å²) in [6.07, 6.45) is -0.708. The topological polar surface area (TPSA) is 47.6 Å². The molecule has 1 unspecified atom stereocenters. The van der Waals surface area contributed by atoms with Crippen molar-refractivity contribution >= 4 is 29.1 Å². The predicted molar refractivity (Wildman–Crippen MR) is 91.4 cm³/mol. The van der Waals surface area contributed by atoms with E-state index in [4.69, 9.17) is 32.7 Å². The van der Waals surface area contributed by atoms with Crippen LogP contribution in [0.25, 0.3) is 0 Å². The molecule has 2 aromatic rings. The summed E-state index contributed by atoms with van der Waals surface area (Å²) in [7, 11) is 1.59. The lowest BCUT2D eigenvalue weighted by atomic mass is 10.2. The highest BCUT2D eigenvalue weighted by Gasteiger charge is 2.17. The standard InChI is InChI=1S/C17H17Cl2NO3/c1-11(23-15-9-5-7-13(18)16(15)19)17(21)20-10-12-6-3-4-8-14(12)22-2/h3-9,11H,10H2,1-2H3,(H,20,21). The van der Waals surface area contributed by atoms with Crippen molar-refractivity contribution in [3.05, 3.63) is 58.1 Å². The molecule has 23 heavy (non-hydrogen) atoms. The zero-order chi connectivity index (χ0) is 16.8. The predicted octanol–water partition coefficient (Wildman–Crippen LogP) is 4.09. The van der Waals surface area contributed by atoms with Gasteiger partial charge in [0.1, 0.15) is 16.5 Å². The highest BCUT2D eigenvalue weighted by atomic mass is 35.5. The summed E-state index contributed by atoms with van der Waals surface area (Å²) in [5.41, 5.74) is 0.885. The summed E-state index contributed by atoms with van der Waals surface area (Å²) in [6, 6.07) is 12.5. The summed E-state index contributed by atoms with van der Waals surface area (Å²) >= 11 is 12.0. The molecule has 2 aromatic carbocycles. The average Bonchev–Trinajstić information content (AvgIpc) is 2.57. The Morgan fingerprint density at radius 1 is 1.13 bits per heavy atom. The summed E-state index contributed by atoms with van der Waals surface area (Å²) in [4.78, 5) is 12.2. The summed E-state index contributed by atoms with van der Waals surface area (Å²) < 4.78 is 10.8. The fourth-order valence-electron chi connectivity index (χ4n) is 1.99. The van der Waals surface area contributed by atoms with Crippen molar-refractivity contribution in [1.82, 2.24) is 5.32 Å². The van der Waals surface area contributed by atoms with Crippen molar-refractivity contribution < 1.29 is 14.3 Å². The Morgan fingerprint density at radius 3 is 2.57 bits per heavy atom. The number of halogens is 2. The van der Waals surface area contributed by atoms with E-state index in [0.29, 0.717) is 22.3 Å². The summed E-state index contributed by atoms with van der Waals surface area (Å²) in [5, 5.41) is 3.48. The van der Waals surface area contributed by atoms with Crippen LogP contribution in [0.4, 0.5) is 0 Å². The number of hydrogen-bond donors (Lipinski definition) is 1. The highest BCUT2D eigenvalue weighted by molar-refractivity contribution is 6.42. The van der Waals surface area contributed by atoms with E-state index in [1.54, 1.807) is 32.2 Å². The number of rotatable bonds is 6.